The number of fused-ring (bicyclic) bond motifs is 3. The predicted octanol–water partition coefficient (Wildman–Crippen LogP) is 9.19. The highest BCUT2D eigenvalue weighted by Crippen LogP contribution is 2.36. The first-order valence-corrected chi connectivity index (χ1v) is 18.3. The van der Waals surface area contributed by atoms with E-state index in [0.717, 1.165) is 33.0 Å². The molecule has 282 valence electrons. The SMILES string of the molecule is COc1cccc(-c2nnc(-c3ccc4ccc5ccc(-c6nnc(-c7cccc(OC)c7)c(-c7cccc(OC)c7)n6)nc5c4n3)nc2-c2cccc(OC)c2)c1. The van der Waals surface area contributed by atoms with E-state index in [1.54, 1.807) is 28.4 Å². The Morgan fingerprint density at radius 3 is 1.00 bits per heavy atom. The zero-order valence-corrected chi connectivity index (χ0v) is 31.9. The number of pyridine rings is 2. The van der Waals surface area contributed by atoms with Crippen LogP contribution in [-0.4, -0.2) is 68.8 Å². The van der Waals surface area contributed by atoms with Gasteiger partial charge in [-0.2, -0.15) is 0 Å². The topological polar surface area (TPSA) is 140 Å². The van der Waals surface area contributed by atoms with Gasteiger partial charge in [-0.1, -0.05) is 72.8 Å². The molecule has 0 radical (unpaired) electrons. The molecule has 9 aromatic rings. The fourth-order valence-corrected chi connectivity index (χ4v) is 6.76. The van der Waals surface area contributed by atoms with Crippen molar-refractivity contribution < 1.29 is 18.9 Å². The molecule has 4 heterocycles. The molecule has 0 aliphatic heterocycles. The first-order valence-electron chi connectivity index (χ1n) is 18.3. The first kappa shape index (κ1) is 35.8. The molecule has 0 saturated carbocycles. The fraction of sp³-hybridized carbons (Fsp3) is 0.0870. The van der Waals surface area contributed by atoms with Crippen LogP contribution in [-0.2, 0) is 0 Å². The molecule has 0 bridgehead atoms. The van der Waals surface area contributed by atoms with Gasteiger partial charge in [0.1, 0.15) is 57.2 Å². The van der Waals surface area contributed by atoms with Gasteiger partial charge >= 0.3 is 0 Å². The van der Waals surface area contributed by atoms with Crippen LogP contribution in [0, 0.1) is 0 Å². The third kappa shape index (κ3) is 6.83. The molecule has 0 N–H and O–H groups in total. The van der Waals surface area contributed by atoms with Crippen molar-refractivity contribution in [1.82, 2.24) is 40.3 Å². The van der Waals surface area contributed by atoms with E-state index in [4.69, 9.17) is 49.1 Å². The second kappa shape index (κ2) is 15.3. The fourth-order valence-electron chi connectivity index (χ4n) is 6.76. The molecule has 9 rings (SSSR count). The molecule has 0 atom stereocenters. The van der Waals surface area contributed by atoms with Gasteiger partial charge < -0.3 is 18.9 Å². The molecule has 0 unspecified atom stereocenters. The summed E-state index contributed by atoms with van der Waals surface area (Å²) in [5.41, 5.74) is 8.03. The number of rotatable bonds is 10. The molecule has 0 saturated heterocycles. The summed E-state index contributed by atoms with van der Waals surface area (Å²) in [6.07, 6.45) is 0. The van der Waals surface area contributed by atoms with Crippen molar-refractivity contribution >= 4 is 21.8 Å². The summed E-state index contributed by atoms with van der Waals surface area (Å²) in [6, 6.07) is 42.5. The Balaban J connectivity index is 1.17. The quantitative estimate of drug-likeness (QED) is 0.123. The third-order valence-electron chi connectivity index (χ3n) is 9.72. The number of hydrogen-bond acceptors (Lipinski definition) is 12. The molecular weight excluding hydrogens is 729 g/mol. The number of methoxy groups -OCH3 is 4. The molecule has 0 aliphatic rings. The second-order valence-electron chi connectivity index (χ2n) is 13.2. The number of aromatic nitrogens is 8. The Bertz CT molecular complexity index is 2790. The van der Waals surface area contributed by atoms with Crippen molar-refractivity contribution in [3.05, 3.63) is 133 Å². The van der Waals surface area contributed by atoms with E-state index in [9.17, 15) is 0 Å². The molecule has 12 nitrogen and oxygen atoms in total. The second-order valence-corrected chi connectivity index (χ2v) is 13.2. The maximum atomic E-state index is 5.55. The zero-order chi connectivity index (χ0) is 39.6. The van der Waals surface area contributed by atoms with Gasteiger partial charge in [-0.15, -0.1) is 20.4 Å². The number of hydrogen-bond donors (Lipinski definition) is 0. The number of ether oxygens (including phenoxy) is 4. The van der Waals surface area contributed by atoms with Crippen LogP contribution in [0.1, 0.15) is 0 Å². The van der Waals surface area contributed by atoms with E-state index in [1.165, 1.54) is 0 Å². The van der Waals surface area contributed by atoms with Crippen molar-refractivity contribution in [2.75, 3.05) is 28.4 Å². The Morgan fingerprint density at radius 2 is 0.655 bits per heavy atom. The van der Waals surface area contributed by atoms with Crippen LogP contribution < -0.4 is 18.9 Å². The summed E-state index contributed by atoms with van der Waals surface area (Å²) in [5.74, 6) is 3.47. The van der Waals surface area contributed by atoms with Gasteiger partial charge in [0.25, 0.3) is 0 Å². The van der Waals surface area contributed by atoms with E-state index in [2.05, 4.69) is 10.2 Å². The lowest BCUT2D eigenvalue weighted by Gasteiger charge is -2.12. The maximum Gasteiger partial charge on any atom is 0.201 e. The molecule has 0 spiro atoms. The highest BCUT2D eigenvalue weighted by Gasteiger charge is 2.20. The first-order chi connectivity index (χ1) is 28.5. The summed E-state index contributed by atoms with van der Waals surface area (Å²) in [7, 11) is 6.53. The summed E-state index contributed by atoms with van der Waals surface area (Å²) in [6.45, 7) is 0. The number of benzene rings is 5. The Hall–Kier alpha value is -7.86. The molecule has 5 aromatic carbocycles. The van der Waals surface area contributed by atoms with Gasteiger partial charge in [0.15, 0.2) is 0 Å². The van der Waals surface area contributed by atoms with Gasteiger partial charge in [-0.25, -0.2) is 19.9 Å². The lowest BCUT2D eigenvalue weighted by Crippen LogP contribution is -2.02. The molecule has 4 aromatic heterocycles. The van der Waals surface area contributed by atoms with Crippen molar-refractivity contribution in [3.63, 3.8) is 0 Å². The van der Waals surface area contributed by atoms with E-state index >= 15 is 0 Å². The molecule has 12 heteroatoms. The van der Waals surface area contributed by atoms with E-state index in [0.29, 0.717) is 79.8 Å². The lowest BCUT2D eigenvalue weighted by molar-refractivity contribution is 0.415. The van der Waals surface area contributed by atoms with Crippen LogP contribution in [0.2, 0.25) is 0 Å². The van der Waals surface area contributed by atoms with Crippen molar-refractivity contribution in [2.24, 2.45) is 0 Å². The van der Waals surface area contributed by atoms with Crippen molar-refractivity contribution in [1.29, 1.82) is 0 Å². The van der Waals surface area contributed by atoms with Gasteiger partial charge in [-0.05, 0) is 60.7 Å². The summed E-state index contributed by atoms with van der Waals surface area (Å²) >= 11 is 0. The van der Waals surface area contributed by atoms with E-state index < -0.39 is 0 Å². The molecular formula is C46H34N8O4. The number of nitrogens with zero attached hydrogens (tertiary/aromatic N) is 8. The normalized spacial score (nSPS) is 11.1. The molecule has 0 fully saturated rings. The standard InChI is InChI=1S/C46H34N8O4/c1-55-33-13-5-9-29(23-33)41-43(31-11-7-15-35(25-31)57-3)51-53-45(49-41)37-21-19-27-17-18-28-20-22-38(48-40(28)39(27)47-37)46-50-42(30-10-6-14-34(24-30)56-2)44(52-54-46)32-12-8-16-36(26-32)58-4/h5-26H,1-4H3. The summed E-state index contributed by atoms with van der Waals surface area (Å²) in [5, 5.41) is 20.4. The highest BCUT2D eigenvalue weighted by atomic mass is 16.5. The van der Waals surface area contributed by atoms with Crippen molar-refractivity contribution in [2.45, 2.75) is 0 Å². The minimum atomic E-state index is 0.350. The van der Waals surface area contributed by atoms with Crippen LogP contribution in [0.5, 0.6) is 23.0 Å². The highest BCUT2D eigenvalue weighted by molar-refractivity contribution is 6.04. The maximum absolute atomic E-state index is 5.55. The van der Waals surface area contributed by atoms with Crippen LogP contribution in [0.25, 0.3) is 89.9 Å². The Labute approximate surface area is 333 Å². The molecule has 0 amide bonds. The van der Waals surface area contributed by atoms with Crippen LogP contribution in [0.4, 0.5) is 0 Å². The van der Waals surface area contributed by atoms with E-state index in [1.807, 2.05) is 133 Å². The molecule has 58 heavy (non-hydrogen) atoms. The average molecular weight is 763 g/mol. The van der Waals surface area contributed by atoms with Gasteiger partial charge in [-0.3, -0.25) is 0 Å². The van der Waals surface area contributed by atoms with Crippen LogP contribution in [0.15, 0.2) is 133 Å². The van der Waals surface area contributed by atoms with Gasteiger partial charge in [0, 0.05) is 33.0 Å². The summed E-state index contributed by atoms with van der Waals surface area (Å²) in [4.78, 5) is 20.4. The largest absolute Gasteiger partial charge is 0.497 e. The third-order valence-corrected chi connectivity index (χ3v) is 9.72. The monoisotopic (exact) mass is 762 g/mol. The zero-order valence-electron chi connectivity index (χ0n) is 31.9. The Kier molecular flexibility index (Phi) is 9.48. The summed E-state index contributed by atoms with van der Waals surface area (Å²) < 4.78 is 22.1. The smallest absolute Gasteiger partial charge is 0.201 e. The van der Waals surface area contributed by atoms with Gasteiger partial charge in [0.05, 0.1) is 39.5 Å². The minimum absolute atomic E-state index is 0.350. The molecule has 0 aliphatic carbocycles. The Morgan fingerprint density at radius 1 is 0.328 bits per heavy atom. The van der Waals surface area contributed by atoms with Crippen LogP contribution in [0.3, 0.4) is 0 Å². The lowest BCUT2D eigenvalue weighted by atomic mass is 10.0. The van der Waals surface area contributed by atoms with E-state index in [-0.39, 0.29) is 0 Å². The predicted molar refractivity (Wildman–Crippen MR) is 223 cm³/mol. The van der Waals surface area contributed by atoms with Crippen molar-refractivity contribution in [3.8, 4) is 91.1 Å². The van der Waals surface area contributed by atoms with Gasteiger partial charge in [0.2, 0.25) is 11.6 Å². The van der Waals surface area contributed by atoms with Crippen LogP contribution >= 0.6 is 0 Å². The minimum Gasteiger partial charge on any atom is -0.497 e. The average Bonchev–Trinajstić information content (AvgIpc) is 3.30.